The predicted molar refractivity (Wildman–Crippen MR) is 128 cm³/mol. The number of hydrogen-bond acceptors (Lipinski definition) is 5. The molecule has 1 fully saturated rings. The van der Waals surface area contributed by atoms with Crippen molar-refractivity contribution in [3.8, 4) is 0 Å². The van der Waals surface area contributed by atoms with Crippen LogP contribution in [0.3, 0.4) is 0 Å². The molecule has 0 aromatic heterocycles. The fourth-order valence-corrected chi connectivity index (χ4v) is 3.96. The Hall–Kier alpha value is -2.97. The number of rotatable bonds is 10. The maximum absolute atomic E-state index is 13.9. The van der Waals surface area contributed by atoms with Gasteiger partial charge < -0.3 is 20.1 Å². The van der Waals surface area contributed by atoms with Crippen LogP contribution in [0, 0.1) is 11.7 Å². The molecule has 1 unspecified atom stereocenters. The lowest BCUT2D eigenvalue weighted by Gasteiger charge is -2.35. The number of morpholine rings is 1. The van der Waals surface area contributed by atoms with E-state index in [0.717, 1.165) is 11.1 Å². The molecule has 3 atom stereocenters. The molecule has 7 nitrogen and oxygen atoms in total. The second-order valence-corrected chi connectivity index (χ2v) is 8.53. The van der Waals surface area contributed by atoms with Crippen molar-refractivity contribution >= 4 is 12.0 Å². The van der Waals surface area contributed by atoms with E-state index in [2.05, 4.69) is 15.5 Å². The molecule has 3 rings (SSSR count). The van der Waals surface area contributed by atoms with E-state index in [0.29, 0.717) is 32.7 Å². The van der Waals surface area contributed by atoms with E-state index < -0.39 is 12.1 Å². The first-order valence-electron chi connectivity index (χ1n) is 11.8. The molecule has 0 spiro atoms. The molecule has 184 valence electrons. The minimum atomic E-state index is -0.744. The molecule has 2 amide bonds. The summed E-state index contributed by atoms with van der Waals surface area (Å²) in [6, 6.07) is 14.9. The van der Waals surface area contributed by atoms with Crippen LogP contribution in [0.25, 0.3) is 0 Å². The van der Waals surface area contributed by atoms with E-state index in [-0.39, 0.29) is 36.8 Å². The molecule has 2 aromatic rings. The molecule has 0 bridgehead atoms. The zero-order chi connectivity index (χ0) is 24.3. The fraction of sp³-hybridized carbons (Fsp3) is 0.462. The predicted octanol–water partition coefficient (Wildman–Crippen LogP) is 3.66. The van der Waals surface area contributed by atoms with E-state index >= 15 is 0 Å². The van der Waals surface area contributed by atoms with Crippen LogP contribution in [0.15, 0.2) is 54.6 Å². The molecule has 0 radical (unpaired) electrons. The molecular weight excluding hydrogens is 437 g/mol. The fourth-order valence-electron chi connectivity index (χ4n) is 3.96. The molecule has 8 heteroatoms. The summed E-state index contributed by atoms with van der Waals surface area (Å²) < 4.78 is 24.7. The zero-order valence-corrected chi connectivity index (χ0v) is 19.8. The molecule has 1 heterocycles. The van der Waals surface area contributed by atoms with E-state index in [1.807, 2.05) is 50.2 Å². The van der Waals surface area contributed by atoms with Crippen molar-refractivity contribution in [3.63, 3.8) is 0 Å². The third kappa shape index (κ3) is 7.53. The monoisotopic (exact) mass is 471 g/mol. The summed E-state index contributed by atoms with van der Waals surface area (Å²) in [5.74, 6) is -0.705. The van der Waals surface area contributed by atoms with Gasteiger partial charge in [-0.05, 0) is 29.2 Å². The minimum Gasteiger partial charge on any atom is -0.445 e. The van der Waals surface area contributed by atoms with Crippen LogP contribution in [-0.2, 0) is 20.9 Å². The van der Waals surface area contributed by atoms with E-state index in [9.17, 15) is 14.0 Å². The summed E-state index contributed by atoms with van der Waals surface area (Å²) >= 11 is 0. The second-order valence-electron chi connectivity index (χ2n) is 8.53. The lowest BCUT2D eigenvalue weighted by molar-refractivity contribution is -0.124. The number of nitrogens with zero attached hydrogens (tertiary/aromatic N) is 1. The minimum absolute atomic E-state index is 0.0970. The largest absolute Gasteiger partial charge is 0.445 e. The first kappa shape index (κ1) is 25.6. The average Bonchev–Trinajstić information content (AvgIpc) is 2.87. The Morgan fingerprint density at radius 3 is 2.53 bits per heavy atom. The quantitative estimate of drug-likeness (QED) is 0.553. The van der Waals surface area contributed by atoms with E-state index in [1.54, 1.807) is 6.07 Å². The standard InChI is InChI=1S/C26H34FN3O4/c1-3-19(2)24(29-26(32)34-18-20-8-5-4-6-9-20)25(31)28-17-23(30-12-14-33-15-13-30)21-10-7-11-22(27)16-21/h4-11,16,19,23-24H,3,12-15,17-18H2,1-2H3,(H,28,31)(H,29,32)/t19-,23?,24-/m0/s1. The maximum atomic E-state index is 13.9. The molecule has 1 aliphatic heterocycles. The smallest absolute Gasteiger partial charge is 0.408 e. The van der Waals surface area contributed by atoms with Crippen LogP contribution in [0.1, 0.15) is 37.4 Å². The number of ether oxygens (including phenoxy) is 2. The first-order valence-corrected chi connectivity index (χ1v) is 11.8. The van der Waals surface area contributed by atoms with Crippen molar-refractivity contribution in [1.82, 2.24) is 15.5 Å². The van der Waals surface area contributed by atoms with Crippen molar-refractivity contribution in [2.24, 2.45) is 5.92 Å². The summed E-state index contributed by atoms with van der Waals surface area (Å²) in [5.41, 5.74) is 1.66. The number of hydrogen-bond donors (Lipinski definition) is 2. The first-order chi connectivity index (χ1) is 16.5. The Morgan fingerprint density at radius 1 is 1.12 bits per heavy atom. The second kappa shape index (κ2) is 13.1. The normalized spacial score (nSPS) is 16.8. The highest BCUT2D eigenvalue weighted by Crippen LogP contribution is 2.22. The third-order valence-electron chi connectivity index (χ3n) is 6.17. The number of amides is 2. The van der Waals surface area contributed by atoms with Crippen LogP contribution in [0.5, 0.6) is 0 Å². The molecule has 2 N–H and O–H groups in total. The number of alkyl carbamates (subject to hydrolysis) is 1. The van der Waals surface area contributed by atoms with Gasteiger partial charge in [0.25, 0.3) is 0 Å². The highest BCUT2D eigenvalue weighted by atomic mass is 19.1. The summed E-state index contributed by atoms with van der Waals surface area (Å²) in [5, 5.41) is 5.70. The van der Waals surface area contributed by atoms with Crippen LogP contribution in [-0.4, -0.2) is 55.8 Å². The Labute approximate surface area is 200 Å². The van der Waals surface area contributed by atoms with Crippen LogP contribution >= 0.6 is 0 Å². The van der Waals surface area contributed by atoms with Gasteiger partial charge in [0.1, 0.15) is 18.5 Å². The van der Waals surface area contributed by atoms with Crippen molar-refractivity contribution in [2.75, 3.05) is 32.8 Å². The summed E-state index contributed by atoms with van der Waals surface area (Å²) in [7, 11) is 0. The highest BCUT2D eigenvalue weighted by Gasteiger charge is 2.29. The molecule has 0 aliphatic carbocycles. The van der Waals surface area contributed by atoms with Gasteiger partial charge in [0.2, 0.25) is 5.91 Å². The molecular formula is C26H34FN3O4. The number of carbonyl (C=O) groups excluding carboxylic acids is 2. The Kier molecular flexibility index (Phi) is 9.85. The number of benzene rings is 2. The molecule has 34 heavy (non-hydrogen) atoms. The lowest BCUT2D eigenvalue weighted by Crippen LogP contribution is -2.52. The number of nitrogens with one attached hydrogen (secondary N) is 2. The summed E-state index contributed by atoms with van der Waals surface area (Å²) in [4.78, 5) is 27.7. The summed E-state index contributed by atoms with van der Waals surface area (Å²) in [6.07, 6.45) is 0.0626. The van der Waals surface area contributed by atoms with Crippen molar-refractivity contribution in [1.29, 1.82) is 0 Å². The Bertz CT molecular complexity index is 921. The van der Waals surface area contributed by atoms with Crippen LogP contribution < -0.4 is 10.6 Å². The number of carbonyl (C=O) groups is 2. The van der Waals surface area contributed by atoms with Gasteiger partial charge in [-0.2, -0.15) is 0 Å². The van der Waals surface area contributed by atoms with E-state index in [4.69, 9.17) is 9.47 Å². The van der Waals surface area contributed by atoms with Crippen LogP contribution in [0.2, 0.25) is 0 Å². The van der Waals surface area contributed by atoms with Gasteiger partial charge in [-0.1, -0.05) is 62.7 Å². The van der Waals surface area contributed by atoms with Gasteiger partial charge >= 0.3 is 6.09 Å². The molecule has 2 aromatic carbocycles. The molecule has 0 saturated carbocycles. The molecule has 1 saturated heterocycles. The van der Waals surface area contributed by atoms with Gasteiger partial charge in [-0.3, -0.25) is 9.69 Å². The Balaban J connectivity index is 1.63. The van der Waals surface area contributed by atoms with Gasteiger partial charge in [-0.25, -0.2) is 9.18 Å². The molecule has 1 aliphatic rings. The topological polar surface area (TPSA) is 79.9 Å². The van der Waals surface area contributed by atoms with Gasteiger partial charge in [0, 0.05) is 19.6 Å². The summed E-state index contributed by atoms with van der Waals surface area (Å²) in [6.45, 7) is 6.84. The van der Waals surface area contributed by atoms with Gasteiger partial charge in [-0.15, -0.1) is 0 Å². The lowest BCUT2D eigenvalue weighted by atomic mass is 9.98. The van der Waals surface area contributed by atoms with Gasteiger partial charge in [0.15, 0.2) is 0 Å². The number of halogens is 1. The highest BCUT2D eigenvalue weighted by molar-refractivity contribution is 5.85. The maximum Gasteiger partial charge on any atom is 0.408 e. The Morgan fingerprint density at radius 2 is 1.85 bits per heavy atom. The van der Waals surface area contributed by atoms with E-state index in [1.165, 1.54) is 12.1 Å². The van der Waals surface area contributed by atoms with Crippen LogP contribution in [0.4, 0.5) is 9.18 Å². The van der Waals surface area contributed by atoms with Crippen molar-refractivity contribution in [3.05, 3.63) is 71.5 Å². The van der Waals surface area contributed by atoms with Crippen molar-refractivity contribution < 1.29 is 23.5 Å². The SMILES string of the molecule is CC[C@H](C)[C@H](NC(=O)OCc1ccccc1)C(=O)NCC(c1cccc(F)c1)N1CCOCC1. The van der Waals surface area contributed by atoms with Crippen molar-refractivity contribution in [2.45, 2.75) is 39.0 Å². The average molecular weight is 472 g/mol. The zero-order valence-electron chi connectivity index (χ0n) is 19.8. The van der Waals surface area contributed by atoms with Gasteiger partial charge in [0.05, 0.1) is 19.3 Å². The third-order valence-corrected chi connectivity index (χ3v) is 6.17.